The number of aromatic amines is 1. The number of carbonyl (C=O) groups is 1. The summed E-state index contributed by atoms with van der Waals surface area (Å²) in [7, 11) is 0. The first-order chi connectivity index (χ1) is 12.1. The van der Waals surface area contributed by atoms with Gasteiger partial charge in [0.1, 0.15) is 11.1 Å². The number of fused-ring (bicyclic) bond motifs is 1. The number of hydrogen-bond acceptors (Lipinski definition) is 7. The van der Waals surface area contributed by atoms with Gasteiger partial charge in [0.25, 0.3) is 5.56 Å². The molecule has 0 saturated heterocycles. The topological polar surface area (TPSA) is 119 Å². The lowest BCUT2D eigenvalue weighted by atomic mass is 9.96. The van der Waals surface area contributed by atoms with Crippen molar-refractivity contribution in [1.29, 1.82) is 5.26 Å². The summed E-state index contributed by atoms with van der Waals surface area (Å²) in [5.41, 5.74) is 1.24. The van der Waals surface area contributed by atoms with Crippen molar-refractivity contribution in [1.82, 2.24) is 9.97 Å². The van der Waals surface area contributed by atoms with Crippen molar-refractivity contribution >= 4 is 34.0 Å². The Morgan fingerprint density at radius 1 is 1.48 bits per heavy atom. The maximum atomic E-state index is 12.1. The Hall–Kier alpha value is -2.31. The van der Waals surface area contributed by atoms with Crippen LogP contribution in [0.4, 0.5) is 5.00 Å². The summed E-state index contributed by atoms with van der Waals surface area (Å²) in [5.74, 6) is -0.144. The van der Waals surface area contributed by atoms with Crippen LogP contribution in [-0.2, 0) is 17.6 Å². The number of aromatic hydroxyl groups is 1. The van der Waals surface area contributed by atoms with E-state index in [2.05, 4.69) is 21.4 Å². The summed E-state index contributed by atoms with van der Waals surface area (Å²) < 4.78 is 0. The van der Waals surface area contributed by atoms with E-state index in [4.69, 9.17) is 0 Å². The van der Waals surface area contributed by atoms with E-state index in [0.29, 0.717) is 16.3 Å². The van der Waals surface area contributed by atoms with Crippen LogP contribution in [0.3, 0.4) is 0 Å². The molecule has 0 spiro atoms. The van der Waals surface area contributed by atoms with E-state index < -0.39 is 5.56 Å². The standard InChI is InChI=1S/C16H16N4O3S2/c17-8-10-9-3-1-2-4-11(9)25-15(10)18-12(21)5-6-24-16-19-13(22)7-14(23)20-16/h7H,1-6H2,(H,18,21)(H2,19,20,22,23). The summed E-state index contributed by atoms with van der Waals surface area (Å²) in [6, 6.07) is 3.20. The van der Waals surface area contributed by atoms with Gasteiger partial charge in [-0.15, -0.1) is 11.3 Å². The van der Waals surface area contributed by atoms with Gasteiger partial charge in [-0.25, -0.2) is 0 Å². The monoisotopic (exact) mass is 376 g/mol. The molecule has 2 aromatic rings. The lowest BCUT2D eigenvalue weighted by Gasteiger charge is -2.09. The van der Waals surface area contributed by atoms with E-state index >= 15 is 0 Å². The SMILES string of the molecule is N#Cc1c(NC(=O)CCSc2nc(O)cc(=O)[nH]2)sc2c1CCCC2. The van der Waals surface area contributed by atoms with Gasteiger partial charge in [0.15, 0.2) is 5.16 Å². The molecule has 0 fully saturated rings. The first-order valence-corrected chi connectivity index (χ1v) is 9.64. The Morgan fingerprint density at radius 3 is 3.04 bits per heavy atom. The molecule has 0 aliphatic heterocycles. The number of nitriles is 1. The minimum Gasteiger partial charge on any atom is -0.493 e. The molecule has 0 saturated carbocycles. The number of H-pyrrole nitrogens is 1. The van der Waals surface area contributed by atoms with E-state index in [1.54, 1.807) is 0 Å². The number of hydrogen-bond donors (Lipinski definition) is 3. The highest BCUT2D eigenvalue weighted by molar-refractivity contribution is 7.99. The molecular weight excluding hydrogens is 360 g/mol. The number of thiophene rings is 1. The molecule has 25 heavy (non-hydrogen) atoms. The predicted molar refractivity (Wildman–Crippen MR) is 96.2 cm³/mol. The highest BCUT2D eigenvalue weighted by Gasteiger charge is 2.21. The number of amides is 1. The summed E-state index contributed by atoms with van der Waals surface area (Å²) in [6.45, 7) is 0. The van der Waals surface area contributed by atoms with Crippen LogP contribution in [0.2, 0.25) is 0 Å². The fraction of sp³-hybridized carbons (Fsp3) is 0.375. The minimum atomic E-state index is -0.442. The lowest BCUT2D eigenvalue weighted by Crippen LogP contribution is -2.13. The third-order valence-electron chi connectivity index (χ3n) is 3.81. The molecule has 0 aromatic carbocycles. The highest BCUT2D eigenvalue weighted by Crippen LogP contribution is 2.37. The number of nitrogens with zero attached hydrogens (tertiary/aromatic N) is 2. The van der Waals surface area contributed by atoms with Crippen molar-refractivity contribution in [2.75, 3.05) is 11.1 Å². The fourth-order valence-corrected chi connectivity index (χ4v) is 4.76. The Labute approximate surface area is 152 Å². The van der Waals surface area contributed by atoms with Crippen LogP contribution in [0.15, 0.2) is 16.0 Å². The van der Waals surface area contributed by atoms with Crippen LogP contribution in [0.1, 0.15) is 35.3 Å². The van der Waals surface area contributed by atoms with Crippen molar-refractivity contribution < 1.29 is 9.90 Å². The van der Waals surface area contributed by atoms with Crippen molar-refractivity contribution in [3.05, 3.63) is 32.4 Å². The van der Waals surface area contributed by atoms with Gasteiger partial charge in [-0.1, -0.05) is 11.8 Å². The molecule has 1 aliphatic carbocycles. The van der Waals surface area contributed by atoms with Crippen LogP contribution in [0, 0.1) is 11.3 Å². The minimum absolute atomic E-state index is 0.190. The Morgan fingerprint density at radius 2 is 2.28 bits per heavy atom. The lowest BCUT2D eigenvalue weighted by molar-refractivity contribution is -0.115. The number of carbonyl (C=O) groups excluding carboxylic acids is 1. The van der Waals surface area contributed by atoms with Gasteiger partial charge >= 0.3 is 0 Å². The predicted octanol–water partition coefficient (Wildman–Crippen LogP) is 2.41. The summed E-state index contributed by atoms with van der Waals surface area (Å²) >= 11 is 2.67. The Bertz CT molecular complexity index is 898. The molecule has 3 N–H and O–H groups in total. The molecule has 0 bridgehead atoms. The van der Waals surface area contributed by atoms with Crippen LogP contribution in [0.25, 0.3) is 0 Å². The number of nitrogens with one attached hydrogen (secondary N) is 2. The number of aryl methyl sites for hydroxylation is 1. The normalized spacial score (nSPS) is 13.1. The number of thioether (sulfide) groups is 1. The first-order valence-electron chi connectivity index (χ1n) is 7.84. The van der Waals surface area contributed by atoms with Crippen LogP contribution < -0.4 is 10.9 Å². The van der Waals surface area contributed by atoms with Gasteiger partial charge in [-0.2, -0.15) is 10.2 Å². The quantitative estimate of drug-likeness (QED) is 0.545. The molecule has 3 rings (SSSR count). The maximum Gasteiger partial charge on any atom is 0.255 e. The summed E-state index contributed by atoms with van der Waals surface area (Å²) in [6.07, 6.45) is 4.28. The van der Waals surface area contributed by atoms with Gasteiger partial charge < -0.3 is 15.4 Å². The zero-order chi connectivity index (χ0) is 17.8. The number of anilines is 1. The largest absolute Gasteiger partial charge is 0.493 e. The second-order valence-corrected chi connectivity index (χ2v) is 7.77. The first kappa shape index (κ1) is 17.5. The zero-order valence-corrected chi connectivity index (χ0v) is 14.9. The fourth-order valence-electron chi connectivity index (χ4n) is 2.69. The Kier molecular flexibility index (Phi) is 5.40. The van der Waals surface area contributed by atoms with Crippen molar-refractivity contribution in [2.45, 2.75) is 37.3 Å². The molecule has 130 valence electrons. The van der Waals surface area contributed by atoms with E-state index in [1.165, 1.54) is 28.0 Å². The molecule has 1 aliphatic rings. The molecule has 2 heterocycles. The summed E-state index contributed by atoms with van der Waals surface area (Å²) in [5, 5.41) is 22.4. The second-order valence-electron chi connectivity index (χ2n) is 5.58. The molecule has 9 heteroatoms. The average Bonchev–Trinajstić information content (AvgIpc) is 2.90. The average molecular weight is 376 g/mol. The van der Waals surface area contributed by atoms with Crippen molar-refractivity contribution in [2.24, 2.45) is 0 Å². The third kappa shape index (κ3) is 4.21. The van der Waals surface area contributed by atoms with Crippen molar-refractivity contribution in [3.63, 3.8) is 0 Å². The van der Waals surface area contributed by atoms with Gasteiger partial charge in [-0.05, 0) is 31.2 Å². The van der Waals surface area contributed by atoms with E-state index in [0.717, 1.165) is 37.3 Å². The highest BCUT2D eigenvalue weighted by atomic mass is 32.2. The number of rotatable bonds is 5. The molecule has 0 atom stereocenters. The molecule has 1 amide bonds. The Balaban J connectivity index is 1.59. The van der Waals surface area contributed by atoms with Crippen molar-refractivity contribution in [3.8, 4) is 11.9 Å². The van der Waals surface area contributed by atoms with Crippen LogP contribution in [0.5, 0.6) is 5.88 Å². The third-order valence-corrected chi connectivity index (χ3v) is 5.89. The van der Waals surface area contributed by atoms with E-state index in [-0.39, 0.29) is 23.4 Å². The van der Waals surface area contributed by atoms with E-state index in [1.807, 2.05) is 0 Å². The molecule has 0 radical (unpaired) electrons. The molecular formula is C16H16N4O3S2. The van der Waals surface area contributed by atoms with E-state index in [9.17, 15) is 20.0 Å². The van der Waals surface area contributed by atoms with Gasteiger partial charge in [0.05, 0.1) is 11.6 Å². The zero-order valence-electron chi connectivity index (χ0n) is 13.3. The smallest absolute Gasteiger partial charge is 0.255 e. The molecule has 7 nitrogen and oxygen atoms in total. The molecule has 0 unspecified atom stereocenters. The van der Waals surface area contributed by atoms with Gasteiger partial charge in [0.2, 0.25) is 11.8 Å². The second kappa shape index (κ2) is 7.72. The maximum absolute atomic E-state index is 12.1. The van der Waals surface area contributed by atoms with Crippen LogP contribution >= 0.6 is 23.1 Å². The van der Waals surface area contributed by atoms with Gasteiger partial charge in [-0.3, -0.25) is 9.59 Å². The van der Waals surface area contributed by atoms with Gasteiger partial charge in [0, 0.05) is 17.1 Å². The number of aromatic nitrogens is 2. The molecule has 2 aromatic heterocycles. The summed E-state index contributed by atoms with van der Waals surface area (Å²) in [4.78, 5) is 30.9. The van der Waals surface area contributed by atoms with Crippen LogP contribution in [-0.4, -0.2) is 26.7 Å².